The molecular formula is C27H52O5. The van der Waals surface area contributed by atoms with E-state index in [1.807, 2.05) is 0 Å². The van der Waals surface area contributed by atoms with Crippen LogP contribution in [0.15, 0.2) is 0 Å². The fraction of sp³-hybridized carbons (Fsp3) is 0.926. The largest absolute Gasteiger partial charge is 0.481 e. The summed E-state index contributed by atoms with van der Waals surface area (Å²) in [4.78, 5) is 21.3. The molecule has 0 bridgehead atoms. The standard InChI is InChI=1S/C27H52O5/c1-2-3-4-5-6-7-8-9-10-11-12-13-14-15-16-20-23-32-26(24-27(29)30)25-31-22-19-17-18-21-28/h21,26H,2-20,22-25H2,1H3,(H,29,30). The number of hydrogen-bond acceptors (Lipinski definition) is 4. The molecule has 0 amide bonds. The zero-order chi connectivity index (χ0) is 23.5. The van der Waals surface area contributed by atoms with Gasteiger partial charge in [0.15, 0.2) is 0 Å². The summed E-state index contributed by atoms with van der Waals surface area (Å²) in [7, 11) is 0. The molecular weight excluding hydrogens is 404 g/mol. The lowest BCUT2D eigenvalue weighted by Crippen LogP contribution is -2.24. The van der Waals surface area contributed by atoms with Gasteiger partial charge >= 0.3 is 5.97 Å². The Bertz CT molecular complexity index is 400. The Hall–Kier alpha value is -0.940. The summed E-state index contributed by atoms with van der Waals surface area (Å²) in [6, 6.07) is 0. The van der Waals surface area contributed by atoms with Crippen molar-refractivity contribution < 1.29 is 24.2 Å². The zero-order valence-corrected chi connectivity index (χ0v) is 21.0. The number of carbonyl (C=O) groups is 2. The molecule has 0 aromatic heterocycles. The van der Waals surface area contributed by atoms with E-state index in [-0.39, 0.29) is 12.5 Å². The van der Waals surface area contributed by atoms with Crippen molar-refractivity contribution in [3.63, 3.8) is 0 Å². The zero-order valence-electron chi connectivity index (χ0n) is 21.0. The molecule has 1 unspecified atom stereocenters. The number of carboxylic acids is 1. The van der Waals surface area contributed by atoms with Crippen molar-refractivity contribution in [2.45, 2.75) is 141 Å². The third-order valence-corrected chi connectivity index (χ3v) is 5.92. The first-order valence-electron chi connectivity index (χ1n) is 13.6. The number of hydrogen-bond donors (Lipinski definition) is 1. The normalized spacial score (nSPS) is 12.2. The lowest BCUT2D eigenvalue weighted by molar-refractivity contribution is -0.141. The number of carbonyl (C=O) groups excluding carboxylic acids is 1. The number of aldehydes is 1. The van der Waals surface area contributed by atoms with Crippen molar-refractivity contribution in [3.05, 3.63) is 0 Å². The van der Waals surface area contributed by atoms with Crippen LogP contribution in [-0.2, 0) is 19.1 Å². The first-order chi connectivity index (χ1) is 15.7. The molecule has 0 aromatic rings. The molecule has 0 spiro atoms. The van der Waals surface area contributed by atoms with Gasteiger partial charge in [0.05, 0.1) is 19.1 Å². The minimum Gasteiger partial charge on any atom is -0.481 e. The molecule has 32 heavy (non-hydrogen) atoms. The van der Waals surface area contributed by atoms with Crippen molar-refractivity contribution >= 4 is 12.3 Å². The molecule has 5 heteroatoms. The van der Waals surface area contributed by atoms with Crippen LogP contribution in [0.5, 0.6) is 0 Å². The number of unbranched alkanes of at least 4 members (excludes halogenated alkanes) is 17. The van der Waals surface area contributed by atoms with E-state index in [0.717, 1.165) is 32.0 Å². The second kappa shape index (κ2) is 26.3. The molecule has 190 valence electrons. The van der Waals surface area contributed by atoms with Crippen molar-refractivity contribution in [1.29, 1.82) is 0 Å². The second-order valence-corrected chi connectivity index (χ2v) is 9.13. The van der Waals surface area contributed by atoms with Gasteiger partial charge in [0.2, 0.25) is 0 Å². The topological polar surface area (TPSA) is 72.8 Å². The summed E-state index contributed by atoms with van der Waals surface area (Å²) in [6.07, 6.45) is 24.1. The molecule has 0 aliphatic carbocycles. The van der Waals surface area contributed by atoms with E-state index in [1.165, 1.54) is 89.9 Å². The Kier molecular flexibility index (Phi) is 25.5. The Balaban J connectivity index is 3.42. The molecule has 5 nitrogen and oxygen atoms in total. The molecule has 0 aromatic carbocycles. The van der Waals surface area contributed by atoms with Gasteiger partial charge in [-0.25, -0.2) is 0 Å². The molecule has 0 saturated heterocycles. The summed E-state index contributed by atoms with van der Waals surface area (Å²) in [6.45, 7) is 3.73. The third kappa shape index (κ3) is 25.3. The highest BCUT2D eigenvalue weighted by molar-refractivity contribution is 5.67. The van der Waals surface area contributed by atoms with Gasteiger partial charge in [0.25, 0.3) is 0 Å². The van der Waals surface area contributed by atoms with Crippen LogP contribution in [0.3, 0.4) is 0 Å². The maximum absolute atomic E-state index is 11.0. The minimum atomic E-state index is -0.855. The summed E-state index contributed by atoms with van der Waals surface area (Å²) in [5.74, 6) is -0.855. The maximum Gasteiger partial charge on any atom is 0.306 e. The number of ether oxygens (including phenoxy) is 2. The average molecular weight is 457 g/mol. The third-order valence-electron chi connectivity index (χ3n) is 5.92. The van der Waals surface area contributed by atoms with Gasteiger partial charge in [-0.1, -0.05) is 103 Å². The van der Waals surface area contributed by atoms with Crippen LogP contribution in [0.1, 0.15) is 135 Å². The molecule has 0 radical (unpaired) electrons. The molecule has 0 fully saturated rings. The average Bonchev–Trinajstić information content (AvgIpc) is 2.77. The Morgan fingerprint density at radius 2 is 1.19 bits per heavy atom. The summed E-state index contributed by atoms with van der Waals surface area (Å²) >= 11 is 0. The smallest absolute Gasteiger partial charge is 0.306 e. The number of aliphatic carboxylic acids is 1. The van der Waals surface area contributed by atoms with Crippen molar-refractivity contribution in [2.75, 3.05) is 19.8 Å². The second-order valence-electron chi connectivity index (χ2n) is 9.13. The predicted octanol–water partition coefficient (Wildman–Crippen LogP) is 7.49. The van der Waals surface area contributed by atoms with Gasteiger partial charge in [-0.15, -0.1) is 0 Å². The van der Waals surface area contributed by atoms with Gasteiger partial charge in [-0.3, -0.25) is 4.79 Å². The van der Waals surface area contributed by atoms with E-state index in [0.29, 0.717) is 26.2 Å². The van der Waals surface area contributed by atoms with Gasteiger partial charge in [-0.05, 0) is 19.3 Å². The van der Waals surface area contributed by atoms with E-state index < -0.39 is 5.97 Å². The quantitative estimate of drug-likeness (QED) is 0.102. The van der Waals surface area contributed by atoms with Crippen LogP contribution >= 0.6 is 0 Å². The summed E-state index contributed by atoms with van der Waals surface area (Å²) in [5, 5.41) is 9.03. The molecule has 1 atom stereocenters. The van der Waals surface area contributed by atoms with Crippen LogP contribution in [0.4, 0.5) is 0 Å². The highest BCUT2D eigenvalue weighted by Gasteiger charge is 2.14. The van der Waals surface area contributed by atoms with Crippen LogP contribution < -0.4 is 0 Å². The lowest BCUT2D eigenvalue weighted by atomic mass is 10.0. The first-order valence-corrected chi connectivity index (χ1v) is 13.6. The van der Waals surface area contributed by atoms with Gasteiger partial charge < -0.3 is 19.4 Å². The van der Waals surface area contributed by atoms with Crippen molar-refractivity contribution in [1.82, 2.24) is 0 Å². The Labute approximate surface area is 198 Å². The molecule has 0 saturated carbocycles. The highest BCUT2D eigenvalue weighted by atomic mass is 16.5. The SMILES string of the molecule is CCCCCCCCCCCCCCCCCCOC(COCCCCC=O)CC(=O)O. The molecule has 0 aliphatic heterocycles. The van der Waals surface area contributed by atoms with Crippen molar-refractivity contribution in [3.8, 4) is 0 Å². The monoisotopic (exact) mass is 456 g/mol. The van der Waals surface area contributed by atoms with Gasteiger partial charge in [0, 0.05) is 19.6 Å². The van der Waals surface area contributed by atoms with Gasteiger partial charge in [0.1, 0.15) is 6.29 Å². The fourth-order valence-corrected chi connectivity index (χ4v) is 3.91. The highest BCUT2D eigenvalue weighted by Crippen LogP contribution is 2.14. The Morgan fingerprint density at radius 1 is 0.719 bits per heavy atom. The van der Waals surface area contributed by atoms with Crippen LogP contribution in [0, 0.1) is 0 Å². The van der Waals surface area contributed by atoms with Crippen LogP contribution in [0.2, 0.25) is 0 Å². The molecule has 0 rings (SSSR count). The van der Waals surface area contributed by atoms with E-state index in [1.54, 1.807) is 0 Å². The maximum atomic E-state index is 11.0. The van der Waals surface area contributed by atoms with E-state index in [2.05, 4.69) is 6.92 Å². The summed E-state index contributed by atoms with van der Waals surface area (Å²) < 4.78 is 11.3. The fourth-order valence-electron chi connectivity index (χ4n) is 3.91. The van der Waals surface area contributed by atoms with E-state index >= 15 is 0 Å². The summed E-state index contributed by atoms with van der Waals surface area (Å²) in [5.41, 5.74) is 0. The lowest BCUT2D eigenvalue weighted by Gasteiger charge is -2.16. The van der Waals surface area contributed by atoms with Crippen LogP contribution in [-0.4, -0.2) is 43.3 Å². The molecule has 0 heterocycles. The minimum absolute atomic E-state index is 0.0206. The first kappa shape index (κ1) is 31.1. The molecule has 1 N–H and O–H groups in total. The van der Waals surface area contributed by atoms with Crippen molar-refractivity contribution in [2.24, 2.45) is 0 Å². The van der Waals surface area contributed by atoms with Gasteiger partial charge in [-0.2, -0.15) is 0 Å². The predicted molar refractivity (Wildman–Crippen MR) is 132 cm³/mol. The van der Waals surface area contributed by atoms with E-state index in [4.69, 9.17) is 14.6 Å². The molecule has 0 aliphatic rings. The number of carboxylic acid groups (broad SMARTS) is 1. The van der Waals surface area contributed by atoms with Crippen LogP contribution in [0.25, 0.3) is 0 Å². The van der Waals surface area contributed by atoms with E-state index in [9.17, 15) is 9.59 Å². The Morgan fingerprint density at radius 3 is 1.66 bits per heavy atom. The number of rotatable bonds is 27.